The number of carbonyl (C=O) groups excluding carboxylic acids is 1. The predicted molar refractivity (Wildman–Crippen MR) is 106 cm³/mol. The van der Waals surface area contributed by atoms with E-state index < -0.39 is 6.10 Å². The molecule has 0 radical (unpaired) electrons. The number of nitrogen functional groups attached to an aromatic ring is 1. The van der Waals surface area contributed by atoms with Gasteiger partial charge in [0.25, 0.3) is 5.91 Å². The number of ether oxygens (including phenoxy) is 3. The third-order valence-corrected chi connectivity index (χ3v) is 5.31. The Bertz CT molecular complexity index is 669. The number of nitrogens with one attached hydrogen (secondary N) is 1. The zero-order chi connectivity index (χ0) is 19.9. The van der Waals surface area contributed by atoms with Crippen molar-refractivity contribution in [2.24, 2.45) is 5.92 Å². The van der Waals surface area contributed by atoms with Crippen molar-refractivity contribution in [3.8, 4) is 11.5 Å². The minimum Gasteiger partial charge on any atom is -0.486 e. The van der Waals surface area contributed by atoms with Gasteiger partial charge in [-0.05, 0) is 38.4 Å². The molecule has 2 heterocycles. The molecule has 156 valence electrons. The molecule has 4 N–H and O–H groups in total. The standard InChI is InChI=1S/C20H31N3O5/c1-26-7-3-2-5-23-6-4-14(17(24)13-23)12-22-20(25)16-10-15(21)11-18-19(16)28-9-8-27-18/h10-11,14,17,24H,2-9,12-13,21H2,1H3,(H,22,25)/t14-,17?/m0/s1. The number of benzene rings is 1. The number of piperidine rings is 1. The summed E-state index contributed by atoms with van der Waals surface area (Å²) < 4.78 is 16.2. The molecule has 0 aromatic heterocycles. The predicted octanol–water partition coefficient (Wildman–Crippen LogP) is 0.879. The smallest absolute Gasteiger partial charge is 0.255 e. The van der Waals surface area contributed by atoms with E-state index in [4.69, 9.17) is 19.9 Å². The van der Waals surface area contributed by atoms with Crippen molar-refractivity contribution >= 4 is 11.6 Å². The minimum absolute atomic E-state index is 0.0354. The summed E-state index contributed by atoms with van der Waals surface area (Å²) in [7, 11) is 1.71. The molecular formula is C20H31N3O5. The lowest BCUT2D eigenvalue weighted by Gasteiger charge is -2.36. The van der Waals surface area contributed by atoms with Gasteiger partial charge in [-0.2, -0.15) is 0 Å². The first-order valence-corrected chi connectivity index (χ1v) is 9.95. The summed E-state index contributed by atoms with van der Waals surface area (Å²) >= 11 is 0. The van der Waals surface area contributed by atoms with E-state index in [2.05, 4.69) is 10.2 Å². The molecular weight excluding hydrogens is 362 g/mol. The van der Waals surface area contributed by atoms with Crippen LogP contribution in [0.1, 0.15) is 29.6 Å². The van der Waals surface area contributed by atoms with Crippen LogP contribution in [0.2, 0.25) is 0 Å². The van der Waals surface area contributed by atoms with E-state index in [-0.39, 0.29) is 11.8 Å². The summed E-state index contributed by atoms with van der Waals surface area (Å²) in [5.41, 5.74) is 6.72. The maximum atomic E-state index is 12.7. The summed E-state index contributed by atoms with van der Waals surface area (Å²) in [4.78, 5) is 15.0. The Hall–Kier alpha value is -2.03. The van der Waals surface area contributed by atoms with Crippen molar-refractivity contribution in [1.29, 1.82) is 0 Å². The van der Waals surface area contributed by atoms with E-state index in [0.717, 1.165) is 39.0 Å². The summed E-state index contributed by atoms with van der Waals surface area (Å²) in [6, 6.07) is 3.26. The third-order valence-electron chi connectivity index (χ3n) is 5.31. The van der Waals surface area contributed by atoms with Crippen molar-refractivity contribution in [1.82, 2.24) is 10.2 Å². The number of aliphatic hydroxyl groups excluding tert-OH is 1. The topological polar surface area (TPSA) is 106 Å². The first-order chi connectivity index (χ1) is 13.6. The average Bonchev–Trinajstić information content (AvgIpc) is 2.69. The first-order valence-electron chi connectivity index (χ1n) is 9.95. The van der Waals surface area contributed by atoms with Crippen molar-refractivity contribution in [3.05, 3.63) is 17.7 Å². The quantitative estimate of drug-likeness (QED) is 0.445. The molecule has 8 heteroatoms. The third kappa shape index (κ3) is 5.27. The number of β-amino-alcohol motifs (C(OH)–C–C–N with tert-alkyl or cyclic N) is 1. The highest BCUT2D eigenvalue weighted by atomic mass is 16.6. The number of methoxy groups -OCH3 is 1. The van der Waals surface area contributed by atoms with Gasteiger partial charge in [0.1, 0.15) is 13.2 Å². The second-order valence-corrected chi connectivity index (χ2v) is 7.42. The molecule has 0 bridgehead atoms. The summed E-state index contributed by atoms with van der Waals surface area (Å²) in [6.45, 7) is 4.56. The number of hydrogen-bond acceptors (Lipinski definition) is 7. The van der Waals surface area contributed by atoms with Gasteiger partial charge in [0.15, 0.2) is 11.5 Å². The molecule has 2 atom stereocenters. The Morgan fingerprint density at radius 3 is 2.96 bits per heavy atom. The van der Waals surface area contributed by atoms with Crippen LogP contribution in [-0.4, -0.2) is 75.1 Å². The second-order valence-electron chi connectivity index (χ2n) is 7.42. The number of carbonyl (C=O) groups is 1. The fraction of sp³-hybridized carbons (Fsp3) is 0.650. The van der Waals surface area contributed by atoms with Crippen LogP contribution in [0.25, 0.3) is 0 Å². The molecule has 3 rings (SSSR count). The van der Waals surface area contributed by atoms with Crippen LogP contribution in [0.3, 0.4) is 0 Å². The lowest BCUT2D eigenvalue weighted by molar-refractivity contribution is 0.0209. The molecule has 28 heavy (non-hydrogen) atoms. The molecule has 2 aliphatic heterocycles. The zero-order valence-corrected chi connectivity index (χ0v) is 16.5. The number of unbranched alkanes of at least 4 members (excludes halogenated alkanes) is 1. The van der Waals surface area contributed by atoms with Gasteiger partial charge in [0.2, 0.25) is 0 Å². The van der Waals surface area contributed by atoms with Gasteiger partial charge in [-0.25, -0.2) is 0 Å². The fourth-order valence-electron chi connectivity index (χ4n) is 3.73. The molecule has 1 saturated heterocycles. The van der Waals surface area contributed by atoms with E-state index in [9.17, 15) is 9.90 Å². The van der Waals surface area contributed by atoms with Gasteiger partial charge < -0.3 is 35.3 Å². The largest absolute Gasteiger partial charge is 0.486 e. The molecule has 1 fully saturated rings. The van der Waals surface area contributed by atoms with Crippen LogP contribution in [-0.2, 0) is 4.74 Å². The maximum absolute atomic E-state index is 12.7. The van der Waals surface area contributed by atoms with E-state index >= 15 is 0 Å². The van der Waals surface area contributed by atoms with Crippen molar-refractivity contribution in [2.75, 3.05) is 58.8 Å². The number of fused-ring (bicyclic) bond motifs is 1. The van der Waals surface area contributed by atoms with Gasteiger partial charge in [-0.3, -0.25) is 4.79 Å². The molecule has 1 aromatic rings. The monoisotopic (exact) mass is 393 g/mol. The molecule has 8 nitrogen and oxygen atoms in total. The van der Waals surface area contributed by atoms with Crippen LogP contribution in [0.5, 0.6) is 11.5 Å². The van der Waals surface area contributed by atoms with Crippen LogP contribution in [0.15, 0.2) is 12.1 Å². The Balaban J connectivity index is 1.50. The SMILES string of the molecule is COCCCCN1CC[C@@H](CNC(=O)c2cc(N)cc3c2OCCO3)C(O)C1. The second kappa shape index (κ2) is 9.95. The molecule has 1 amide bonds. The Kier molecular flexibility index (Phi) is 7.36. The first kappa shape index (κ1) is 20.7. The number of nitrogens with zero attached hydrogens (tertiary/aromatic N) is 1. The number of rotatable bonds is 8. The fourth-order valence-corrected chi connectivity index (χ4v) is 3.73. The summed E-state index contributed by atoms with van der Waals surface area (Å²) in [5, 5.41) is 13.4. The van der Waals surface area contributed by atoms with Crippen molar-refractivity contribution < 1.29 is 24.1 Å². The van der Waals surface area contributed by atoms with Gasteiger partial charge >= 0.3 is 0 Å². The highest BCUT2D eigenvalue weighted by molar-refractivity contribution is 5.99. The Morgan fingerprint density at radius 1 is 1.36 bits per heavy atom. The highest BCUT2D eigenvalue weighted by Gasteiger charge is 2.28. The zero-order valence-electron chi connectivity index (χ0n) is 16.5. The molecule has 0 saturated carbocycles. The highest BCUT2D eigenvalue weighted by Crippen LogP contribution is 2.36. The minimum atomic E-state index is -0.453. The molecule has 0 spiro atoms. The van der Waals surface area contributed by atoms with Gasteiger partial charge in [-0.15, -0.1) is 0 Å². The lowest BCUT2D eigenvalue weighted by Crippen LogP contribution is -2.47. The molecule has 1 aromatic carbocycles. The van der Waals surface area contributed by atoms with E-state index in [1.165, 1.54) is 0 Å². The van der Waals surface area contributed by atoms with Gasteiger partial charge in [0.05, 0.1) is 11.7 Å². The average molecular weight is 393 g/mol. The van der Waals surface area contributed by atoms with E-state index in [0.29, 0.717) is 49.1 Å². The molecule has 2 aliphatic rings. The Labute approximate surface area is 165 Å². The van der Waals surface area contributed by atoms with E-state index in [1.54, 1.807) is 19.2 Å². The number of aliphatic hydroxyl groups is 1. The van der Waals surface area contributed by atoms with E-state index in [1.807, 2.05) is 0 Å². The number of nitrogens with two attached hydrogens (primary N) is 1. The van der Waals surface area contributed by atoms with Crippen LogP contribution in [0, 0.1) is 5.92 Å². The number of amides is 1. The van der Waals surface area contributed by atoms with Gasteiger partial charge in [-0.1, -0.05) is 0 Å². The lowest BCUT2D eigenvalue weighted by atomic mass is 9.93. The van der Waals surface area contributed by atoms with Crippen molar-refractivity contribution in [2.45, 2.75) is 25.4 Å². The normalized spacial score (nSPS) is 22.1. The maximum Gasteiger partial charge on any atom is 0.255 e. The summed E-state index contributed by atoms with van der Waals surface area (Å²) in [6.07, 6.45) is 2.48. The van der Waals surface area contributed by atoms with Crippen molar-refractivity contribution in [3.63, 3.8) is 0 Å². The molecule has 1 unspecified atom stereocenters. The van der Waals surface area contributed by atoms with Crippen LogP contribution >= 0.6 is 0 Å². The summed E-state index contributed by atoms with van der Waals surface area (Å²) in [5.74, 6) is 0.707. The van der Waals surface area contributed by atoms with Crippen LogP contribution < -0.4 is 20.5 Å². The van der Waals surface area contributed by atoms with Gasteiger partial charge in [0, 0.05) is 44.5 Å². The molecule has 0 aliphatic carbocycles. The number of anilines is 1. The number of hydrogen-bond donors (Lipinski definition) is 3. The number of likely N-dealkylation sites (tertiary alicyclic amines) is 1. The van der Waals surface area contributed by atoms with Crippen LogP contribution in [0.4, 0.5) is 5.69 Å². The Morgan fingerprint density at radius 2 is 2.18 bits per heavy atom.